The van der Waals surface area contributed by atoms with Gasteiger partial charge in [0.05, 0.1) is 30.6 Å². The molecule has 0 bridgehead atoms. The van der Waals surface area contributed by atoms with Crippen LogP contribution in [0.15, 0.2) is 69.9 Å². The first-order chi connectivity index (χ1) is 14.7. The Bertz CT molecular complexity index is 956. The highest BCUT2D eigenvalue weighted by molar-refractivity contribution is 8.00. The van der Waals surface area contributed by atoms with Crippen LogP contribution in [0.25, 0.3) is 0 Å². The summed E-state index contributed by atoms with van der Waals surface area (Å²) in [6, 6.07) is 15.0. The van der Waals surface area contributed by atoms with Crippen LogP contribution in [0.1, 0.15) is 32.8 Å². The summed E-state index contributed by atoms with van der Waals surface area (Å²) < 4.78 is 10.7. The number of carbonyl (C=O) groups excluding carboxylic acids is 2. The fourth-order valence-electron chi connectivity index (χ4n) is 3.18. The van der Waals surface area contributed by atoms with Crippen molar-refractivity contribution in [3.8, 4) is 0 Å². The van der Waals surface area contributed by atoms with Crippen molar-refractivity contribution in [3.05, 3.63) is 83.7 Å². The van der Waals surface area contributed by atoms with Gasteiger partial charge < -0.3 is 19.1 Å². The lowest BCUT2D eigenvalue weighted by Crippen LogP contribution is -2.28. The molecule has 0 unspecified atom stereocenters. The van der Waals surface area contributed by atoms with Gasteiger partial charge in [0.1, 0.15) is 16.9 Å². The zero-order valence-corrected chi connectivity index (χ0v) is 17.9. The Morgan fingerprint density at radius 2 is 1.83 bits per heavy atom. The summed E-state index contributed by atoms with van der Waals surface area (Å²) in [6.45, 7) is 1.04. The van der Waals surface area contributed by atoms with Gasteiger partial charge in [-0.3, -0.25) is 9.59 Å². The number of rotatable bonds is 9. The fourth-order valence-corrected chi connectivity index (χ4v) is 5.12. The lowest BCUT2D eigenvalue weighted by Gasteiger charge is -2.23. The number of carbonyl (C=O) groups is 2. The maximum Gasteiger partial charge on any atom is 0.251 e. The Balaban J connectivity index is 1.28. The Morgan fingerprint density at radius 1 is 1.10 bits per heavy atom. The lowest BCUT2D eigenvalue weighted by molar-refractivity contribution is -0.128. The summed E-state index contributed by atoms with van der Waals surface area (Å²) in [5, 5.41) is 2.87. The number of benzene rings is 1. The predicted molar refractivity (Wildman–Crippen MR) is 118 cm³/mol. The van der Waals surface area contributed by atoms with E-state index in [4.69, 9.17) is 8.83 Å². The van der Waals surface area contributed by atoms with Crippen LogP contribution < -0.4 is 5.32 Å². The van der Waals surface area contributed by atoms with Crippen molar-refractivity contribution in [3.63, 3.8) is 0 Å². The molecule has 1 aliphatic heterocycles. The van der Waals surface area contributed by atoms with Gasteiger partial charge >= 0.3 is 0 Å². The average molecular weight is 443 g/mol. The van der Waals surface area contributed by atoms with E-state index in [1.807, 2.05) is 53.4 Å². The Kier molecular flexibility index (Phi) is 6.86. The van der Waals surface area contributed by atoms with Crippen LogP contribution in [-0.4, -0.2) is 34.8 Å². The molecule has 0 spiro atoms. The highest BCUT2D eigenvalue weighted by Gasteiger charge is 2.33. The third-order valence-corrected chi connectivity index (χ3v) is 6.93. The van der Waals surface area contributed by atoms with Crippen LogP contribution in [0, 0.1) is 0 Å². The normalized spacial score (nSPS) is 16.2. The SMILES string of the molecule is O=C(NCCSCc1ccco1)c1ccc([C@H]2SCC(=O)N2Cc2ccco2)cc1. The first-order valence-corrected chi connectivity index (χ1v) is 11.8. The monoisotopic (exact) mass is 442 g/mol. The molecule has 2 amide bonds. The van der Waals surface area contributed by atoms with Crippen molar-refractivity contribution in [1.29, 1.82) is 0 Å². The molecule has 8 heteroatoms. The van der Waals surface area contributed by atoms with Crippen LogP contribution >= 0.6 is 23.5 Å². The van der Waals surface area contributed by atoms with Crippen molar-refractivity contribution < 1.29 is 18.4 Å². The van der Waals surface area contributed by atoms with E-state index in [0.717, 1.165) is 28.6 Å². The molecule has 1 fully saturated rings. The lowest BCUT2D eigenvalue weighted by atomic mass is 10.1. The Labute approximate surface area is 183 Å². The number of furan rings is 2. The standard InChI is InChI=1S/C22H22N2O4S2/c25-20-15-30-22(24(20)13-18-3-1-10-27-18)17-7-5-16(6-8-17)21(26)23-9-12-29-14-19-4-2-11-28-19/h1-8,10-11,22H,9,12-15H2,(H,23,26)/t22-/m1/s1. The second kappa shape index (κ2) is 9.95. The zero-order valence-electron chi connectivity index (χ0n) is 16.3. The maximum absolute atomic E-state index is 12.4. The van der Waals surface area contributed by atoms with E-state index >= 15 is 0 Å². The van der Waals surface area contributed by atoms with Crippen molar-refractivity contribution in [2.24, 2.45) is 0 Å². The molecule has 6 nitrogen and oxygen atoms in total. The molecule has 0 radical (unpaired) electrons. The maximum atomic E-state index is 12.4. The van der Waals surface area contributed by atoms with Gasteiger partial charge in [0.15, 0.2) is 0 Å². The van der Waals surface area contributed by atoms with Crippen LogP contribution in [-0.2, 0) is 17.1 Å². The minimum Gasteiger partial charge on any atom is -0.468 e. The molecule has 3 aromatic rings. The molecule has 0 saturated carbocycles. The molecule has 1 aromatic carbocycles. The van der Waals surface area contributed by atoms with E-state index in [1.54, 1.807) is 36.1 Å². The number of nitrogens with one attached hydrogen (secondary N) is 1. The average Bonchev–Trinajstić information content (AvgIpc) is 3.52. The summed E-state index contributed by atoms with van der Waals surface area (Å²) in [4.78, 5) is 26.5. The summed E-state index contributed by atoms with van der Waals surface area (Å²) in [6.07, 6.45) is 3.28. The van der Waals surface area contributed by atoms with E-state index in [9.17, 15) is 9.59 Å². The van der Waals surface area contributed by atoms with Crippen molar-refractivity contribution in [2.75, 3.05) is 18.1 Å². The zero-order chi connectivity index (χ0) is 20.8. The number of hydrogen-bond donors (Lipinski definition) is 1. The minimum absolute atomic E-state index is 0.0716. The van der Waals surface area contributed by atoms with Gasteiger partial charge in [-0.15, -0.1) is 11.8 Å². The van der Waals surface area contributed by atoms with E-state index in [1.165, 1.54) is 0 Å². The van der Waals surface area contributed by atoms with E-state index in [0.29, 0.717) is 24.4 Å². The highest BCUT2D eigenvalue weighted by atomic mass is 32.2. The molecule has 4 rings (SSSR count). The van der Waals surface area contributed by atoms with Gasteiger partial charge in [-0.2, -0.15) is 11.8 Å². The topological polar surface area (TPSA) is 75.7 Å². The van der Waals surface area contributed by atoms with Gasteiger partial charge in [0.25, 0.3) is 5.91 Å². The first-order valence-electron chi connectivity index (χ1n) is 9.62. The number of hydrogen-bond acceptors (Lipinski definition) is 6. The summed E-state index contributed by atoms with van der Waals surface area (Å²) >= 11 is 3.30. The van der Waals surface area contributed by atoms with Crippen molar-refractivity contribution in [1.82, 2.24) is 10.2 Å². The fraction of sp³-hybridized carbons (Fsp3) is 0.273. The Hall–Kier alpha value is -2.58. The van der Waals surface area contributed by atoms with Gasteiger partial charge in [0.2, 0.25) is 5.91 Å². The molecular weight excluding hydrogens is 420 g/mol. The number of nitrogens with zero attached hydrogens (tertiary/aromatic N) is 1. The Morgan fingerprint density at radius 3 is 2.53 bits per heavy atom. The van der Waals surface area contributed by atoms with Gasteiger partial charge in [-0.05, 0) is 42.0 Å². The summed E-state index contributed by atoms with van der Waals surface area (Å²) in [5.74, 6) is 3.75. The first kappa shape index (κ1) is 20.7. The molecule has 0 aliphatic carbocycles. The second-order valence-corrected chi connectivity index (χ2v) is 8.95. The number of amides is 2. The quantitative estimate of drug-likeness (QED) is 0.498. The largest absolute Gasteiger partial charge is 0.468 e. The van der Waals surface area contributed by atoms with Gasteiger partial charge in [-0.25, -0.2) is 0 Å². The third-order valence-electron chi connectivity index (χ3n) is 4.69. The molecule has 1 atom stereocenters. The molecule has 30 heavy (non-hydrogen) atoms. The summed E-state index contributed by atoms with van der Waals surface area (Å²) in [5.41, 5.74) is 1.62. The second-order valence-electron chi connectivity index (χ2n) is 6.77. The summed E-state index contributed by atoms with van der Waals surface area (Å²) in [7, 11) is 0. The molecule has 156 valence electrons. The molecule has 2 aromatic heterocycles. The molecule has 3 heterocycles. The van der Waals surface area contributed by atoms with Gasteiger partial charge in [-0.1, -0.05) is 12.1 Å². The van der Waals surface area contributed by atoms with Crippen molar-refractivity contribution in [2.45, 2.75) is 17.7 Å². The molecular formula is C22H22N2O4S2. The minimum atomic E-state index is -0.0947. The van der Waals surface area contributed by atoms with E-state index in [2.05, 4.69) is 5.32 Å². The van der Waals surface area contributed by atoms with Crippen LogP contribution in [0.4, 0.5) is 0 Å². The van der Waals surface area contributed by atoms with E-state index in [-0.39, 0.29) is 17.2 Å². The van der Waals surface area contributed by atoms with E-state index < -0.39 is 0 Å². The third kappa shape index (κ3) is 5.12. The predicted octanol–water partition coefficient (Wildman–Crippen LogP) is 4.31. The molecule has 1 N–H and O–H groups in total. The van der Waals surface area contributed by atoms with Crippen LogP contribution in [0.2, 0.25) is 0 Å². The smallest absolute Gasteiger partial charge is 0.251 e. The molecule has 1 saturated heterocycles. The van der Waals surface area contributed by atoms with Crippen molar-refractivity contribution >= 4 is 35.3 Å². The van der Waals surface area contributed by atoms with Gasteiger partial charge in [0, 0.05) is 17.9 Å². The molecule has 1 aliphatic rings. The van der Waals surface area contributed by atoms with Crippen LogP contribution in [0.3, 0.4) is 0 Å². The van der Waals surface area contributed by atoms with Crippen LogP contribution in [0.5, 0.6) is 0 Å². The highest BCUT2D eigenvalue weighted by Crippen LogP contribution is 2.39. The number of thioether (sulfide) groups is 2.